The molecule has 14 nitrogen and oxygen atoms in total. The van der Waals surface area contributed by atoms with Crippen LogP contribution in [0.15, 0.2) is 36.4 Å². The first kappa shape index (κ1) is 37.3. The average molecular weight is 715 g/mol. The lowest BCUT2D eigenvalue weighted by Gasteiger charge is -2.41. The summed E-state index contributed by atoms with van der Waals surface area (Å²) < 4.78 is 42.8. The van der Waals surface area contributed by atoms with Crippen LogP contribution in [0.25, 0.3) is 0 Å². The molecule has 4 aliphatic heterocycles. The number of hydrogen-bond donors (Lipinski definition) is 1. The lowest BCUT2D eigenvalue weighted by molar-refractivity contribution is -0.148. The zero-order valence-corrected chi connectivity index (χ0v) is 29.4. The largest absolute Gasteiger partial charge is 0.467 e. The number of rotatable bonds is 2. The molecule has 4 heterocycles. The molecule has 4 aliphatic rings. The second-order valence-corrected chi connectivity index (χ2v) is 13.6. The molecule has 0 aromatic heterocycles. The van der Waals surface area contributed by atoms with Crippen molar-refractivity contribution in [2.75, 3.05) is 53.5 Å². The second-order valence-electron chi connectivity index (χ2n) is 13.6. The van der Waals surface area contributed by atoms with Crippen molar-refractivity contribution in [3.63, 3.8) is 0 Å². The summed E-state index contributed by atoms with van der Waals surface area (Å²) in [6, 6.07) is 7.38. The molecule has 2 aromatic rings. The number of hydrogen-bond acceptors (Lipinski definition) is 9. The van der Waals surface area contributed by atoms with Gasteiger partial charge < -0.3 is 44.0 Å². The van der Waals surface area contributed by atoms with Crippen molar-refractivity contribution in [1.29, 1.82) is 0 Å². The second kappa shape index (κ2) is 15.5. The van der Waals surface area contributed by atoms with Crippen LogP contribution in [0.1, 0.15) is 43.0 Å². The Balaban J connectivity index is 0.000000205. The molecule has 0 bridgehead atoms. The Labute approximate surface area is 295 Å². The van der Waals surface area contributed by atoms with Gasteiger partial charge in [-0.15, -0.1) is 0 Å². The summed E-state index contributed by atoms with van der Waals surface area (Å²) in [7, 11) is 2.54. The maximum absolute atomic E-state index is 14.0. The molecule has 51 heavy (non-hydrogen) atoms. The van der Waals surface area contributed by atoms with Gasteiger partial charge in [-0.2, -0.15) is 0 Å². The molecule has 16 heteroatoms. The van der Waals surface area contributed by atoms with Crippen molar-refractivity contribution in [2.45, 2.75) is 64.6 Å². The van der Waals surface area contributed by atoms with Gasteiger partial charge in [0.1, 0.15) is 29.3 Å². The summed E-state index contributed by atoms with van der Waals surface area (Å²) >= 11 is 0. The molecule has 0 spiro atoms. The Morgan fingerprint density at radius 1 is 0.706 bits per heavy atom. The highest BCUT2D eigenvalue weighted by molar-refractivity contribution is 5.86. The molecule has 0 radical (unpaired) electrons. The lowest BCUT2D eigenvalue weighted by Crippen LogP contribution is -2.61. The SMILES string of the molecule is COC(=O)[C@H]1CN(C(=O)OC(C)(C)C)CCN1C(=O)N1Cc2cccc(F)c2C1.COC(=O)[C@H]1CNCCN1C(=O)N1Cc2cccc(F)c2C1. The van der Waals surface area contributed by atoms with Gasteiger partial charge in [0.2, 0.25) is 0 Å². The molecule has 0 saturated carbocycles. The number of halogens is 2. The van der Waals surface area contributed by atoms with Gasteiger partial charge in [0.25, 0.3) is 0 Å². The minimum Gasteiger partial charge on any atom is -0.467 e. The first-order chi connectivity index (χ1) is 24.2. The quantitative estimate of drug-likeness (QED) is 0.367. The van der Waals surface area contributed by atoms with Crippen molar-refractivity contribution >= 4 is 30.1 Å². The number of carbonyl (C=O) groups is 5. The molecule has 2 fully saturated rings. The summed E-state index contributed by atoms with van der Waals surface area (Å²) in [6.07, 6.45) is -0.547. The Morgan fingerprint density at radius 2 is 1.22 bits per heavy atom. The van der Waals surface area contributed by atoms with Crippen LogP contribution < -0.4 is 5.32 Å². The fourth-order valence-electron chi connectivity index (χ4n) is 6.52. The monoisotopic (exact) mass is 714 g/mol. The first-order valence-corrected chi connectivity index (χ1v) is 16.7. The summed E-state index contributed by atoms with van der Waals surface area (Å²) in [6.45, 7) is 8.04. The van der Waals surface area contributed by atoms with E-state index in [0.29, 0.717) is 37.3 Å². The number of fused-ring (bicyclic) bond motifs is 2. The molecule has 276 valence electrons. The van der Waals surface area contributed by atoms with Crippen molar-refractivity contribution < 1.29 is 47.0 Å². The van der Waals surface area contributed by atoms with Gasteiger partial charge >= 0.3 is 30.1 Å². The Hall–Kier alpha value is -4.99. The van der Waals surface area contributed by atoms with Crippen LogP contribution in [0.2, 0.25) is 0 Å². The van der Waals surface area contributed by atoms with E-state index in [1.165, 1.54) is 46.0 Å². The minimum absolute atomic E-state index is 0.0253. The molecule has 2 aromatic carbocycles. The highest BCUT2D eigenvalue weighted by atomic mass is 19.1. The van der Waals surface area contributed by atoms with Crippen LogP contribution in [0.4, 0.5) is 23.2 Å². The molecule has 2 saturated heterocycles. The number of amides is 5. The number of ether oxygens (including phenoxy) is 3. The summed E-state index contributed by atoms with van der Waals surface area (Å²) in [5, 5.41) is 3.08. The molecule has 2 atom stereocenters. The molecule has 0 unspecified atom stereocenters. The van der Waals surface area contributed by atoms with Gasteiger partial charge in [-0.3, -0.25) is 0 Å². The van der Waals surface area contributed by atoms with Crippen molar-refractivity contribution in [3.05, 3.63) is 70.3 Å². The third-order valence-electron chi connectivity index (χ3n) is 9.11. The van der Waals surface area contributed by atoms with Crippen LogP contribution >= 0.6 is 0 Å². The van der Waals surface area contributed by atoms with Gasteiger partial charge in [0.05, 0.1) is 33.9 Å². The molecule has 0 aliphatic carbocycles. The number of esters is 2. The van der Waals surface area contributed by atoms with E-state index in [2.05, 4.69) is 5.32 Å². The number of nitrogens with zero attached hydrogens (tertiary/aromatic N) is 5. The predicted octanol–water partition coefficient (Wildman–Crippen LogP) is 3.06. The van der Waals surface area contributed by atoms with Gasteiger partial charge in [0, 0.05) is 56.9 Å². The molecular weight excluding hydrogens is 670 g/mol. The normalized spacial score (nSPS) is 19.8. The summed E-state index contributed by atoms with van der Waals surface area (Å²) in [4.78, 5) is 69.7. The highest BCUT2D eigenvalue weighted by Gasteiger charge is 2.42. The van der Waals surface area contributed by atoms with E-state index in [4.69, 9.17) is 14.2 Å². The lowest BCUT2D eigenvalue weighted by atomic mass is 10.1. The van der Waals surface area contributed by atoms with Crippen molar-refractivity contribution in [2.24, 2.45) is 0 Å². The van der Waals surface area contributed by atoms with E-state index in [-0.39, 0.29) is 63.0 Å². The maximum Gasteiger partial charge on any atom is 0.410 e. The minimum atomic E-state index is -0.956. The zero-order chi connectivity index (χ0) is 37.0. The van der Waals surface area contributed by atoms with Crippen LogP contribution in [0, 0.1) is 11.6 Å². The van der Waals surface area contributed by atoms with Gasteiger partial charge in [-0.25, -0.2) is 32.8 Å². The standard InChI is InChI=1S/C20H26FN3O5.C15H18FN3O3/c1-20(2,3)29-19(27)22-8-9-24(16(12-22)17(25)28-4)18(26)23-10-13-6-5-7-15(21)14(13)11-23;1-22-14(20)13-7-17-5-6-19(13)15(21)18-8-10-3-2-4-12(16)11(10)9-18/h5-7,16H,8-12H2,1-4H3;2-4,13,17H,5-9H2,1H3/t16-;13-/m11/s1. The first-order valence-electron chi connectivity index (χ1n) is 16.7. The Bertz CT molecular complexity index is 1670. The number of benzene rings is 2. The fraction of sp³-hybridized carbons (Fsp3) is 0.514. The number of carbonyl (C=O) groups excluding carboxylic acids is 5. The number of methoxy groups -OCH3 is 2. The Kier molecular flexibility index (Phi) is 11.3. The van der Waals surface area contributed by atoms with Crippen LogP contribution in [0.5, 0.6) is 0 Å². The van der Waals surface area contributed by atoms with E-state index >= 15 is 0 Å². The van der Waals surface area contributed by atoms with Gasteiger partial charge in [0.15, 0.2) is 0 Å². The molecule has 6 rings (SSSR count). The summed E-state index contributed by atoms with van der Waals surface area (Å²) in [5.41, 5.74) is 1.94. The maximum atomic E-state index is 14.0. The molecule has 5 amide bonds. The smallest absolute Gasteiger partial charge is 0.410 e. The van der Waals surface area contributed by atoms with E-state index in [0.717, 1.165) is 11.1 Å². The molecule has 1 N–H and O–H groups in total. The van der Waals surface area contributed by atoms with E-state index in [1.807, 2.05) is 6.07 Å². The number of urea groups is 2. The van der Waals surface area contributed by atoms with Crippen molar-refractivity contribution in [3.8, 4) is 0 Å². The van der Waals surface area contributed by atoms with E-state index in [9.17, 15) is 32.8 Å². The third kappa shape index (κ3) is 8.32. The third-order valence-corrected chi connectivity index (χ3v) is 9.11. The molecular formula is C35H44F2N6O8. The van der Waals surface area contributed by atoms with E-state index < -0.39 is 35.7 Å². The Morgan fingerprint density at radius 3 is 1.71 bits per heavy atom. The topological polar surface area (TPSA) is 141 Å². The highest BCUT2D eigenvalue weighted by Crippen LogP contribution is 2.28. The van der Waals surface area contributed by atoms with Crippen LogP contribution in [-0.4, -0.2) is 126 Å². The fourth-order valence-corrected chi connectivity index (χ4v) is 6.52. The summed E-state index contributed by atoms with van der Waals surface area (Å²) in [5.74, 6) is -1.70. The van der Waals surface area contributed by atoms with Gasteiger partial charge in [-0.1, -0.05) is 24.3 Å². The average Bonchev–Trinajstić information content (AvgIpc) is 3.76. The van der Waals surface area contributed by atoms with Crippen LogP contribution in [-0.2, 0) is 50.0 Å². The predicted molar refractivity (Wildman–Crippen MR) is 178 cm³/mol. The van der Waals surface area contributed by atoms with E-state index in [1.54, 1.807) is 43.9 Å². The zero-order valence-electron chi connectivity index (χ0n) is 29.4. The van der Waals surface area contributed by atoms with Crippen LogP contribution in [0.3, 0.4) is 0 Å². The number of piperazine rings is 2. The number of nitrogens with one attached hydrogen (secondary N) is 1. The van der Waals surface area contributed by atoms with Crippen molar-refractivity contribution in [1.82, 2.24) is 29.8 Å². The van der Waals surface area contributed by atoms with Gasteiger partial charge in [-0.05, 0) is 44.0 Å².